The highest BCUT2D eigenvalue weighted by Crippen LogP contribution is 2.28. The number of anilines is 1. The molecule has 1 aliphatic heterocycles. The second-order valence-corrected chi connectivity index (χ2v) is 5.59. The molecule has 116 valence electrons. The van der Waals surface area contributed by atoms with Gasteiger partial charge in [0.2, 0.25) is 0 Å². The second kappa shape index (κ2) is 7.26. The summed E-state index contributed by atoms with van der Waals surface area (Å²) in [5, 5.41) is 14.3. The predicted molar refractivity (Wildman–Crippen MR) is 83.0 cm³/mol. The Hall–Kier alpha value is -1.82. The summed E-state index contributed by atoms with van der Waals surface area (Å²) >= 11 is 0. The average Bonchev–Trinajstić information content (AvgIpc) is 2.49. The number of rotatable bonds is 6. The predicted octanol–water partition coefficient (Wildman–Crippen LogP) is 2.75. The standard InChI is InChI=1S/C15H23N3O3/c1-12-5-8-17(9-6-12)10-7-16-14-4-3-13(21-2)11-15(14)18(19)20/h3-4,11-12,16H,5-10H2,1-2H3. The third-order valence-electron chi connectivity index (χ3n) is 4.02. The minimum atomic E-state index is -0.382. The number of benzene rings is 1. The van der Waals surface area contributed by atoms with Gasteiger partial charge in [-0.1, -0.05) is 6.92 Å². The number of hydrogen-bond acceptors (Lipinski definition) is 5. The minimum Gasteiger partial charge on any atom is -0.496 e. The average molecular weight is 293 g/mol. The number of methoxy groups -OCH3 is 1. The fourth-order valence-electron chi connectivity index (χ4n) is 2.57. The van der Waals surface area contributed by atoms with Crippen LogP contribution >= 0.6 is 0 Å². The van der Waals surface area contributed by atoms with Crippen LogP contribution in [0.15, 0.2) is 18.2 Å². The highest BCUT2D eigenvalue weighted by Gasteiger charge is 2.17. The SMILES string of the molecule is COc1ccc(NCCN2CCC(C)CC2)c([N+](=O)[O-])c1. The molecule has 1 N–H and O–H groups in total. The first kappa shape index (κ1) is 15.6. The molecule has 0 saturated carbocycles. The first-order chi connectivity index (χ1) is 10.1. The maximum atomic E-state index is 11.1. The molecule has 1 aliphatic rings. The van der Waals surface area contributed by atoms with Crippen molar-refractivity contribution < 1.29 is 9.66 Å². The van der Waals surface area contributed by atoms with Crippen molar-refractivity contribution in [2.45, 2.75) is 19.8 Å². The Morgan fingerprint density at radius 2 is 2.14 bits per heavy atom. The summed E-state index contributed by atoms with van der Waals surface area (Å²) in [6.45, 7) is 6.15. The molecule has 1 aromatic rings. The van der Waals surface area contributed by atoms with Crippen molar-refractivity contribution in [1.29, 1.82) is 0 Å². The van der Waals surface area contributed by atoms with E-state index in [4.69, 9.17) is 4.74 Å². The number of nitro groups is 1. The van der Waals surface area contributed by atoms with Crippen LogP contribution in [0.5, 0.6) is 5.75 Å². The Bertz CT molecular complexity index is 485. The molecule has 1 aromatic carbocycles. The number of hydrogen-bond donors (Lipinski definition) is 1. The van der Waals surface area contributed by atoms with Crippen molar-refractivity contribution in [2.24, 2.45) is 5.92 Å². The van der Waals surface area contributed by atoms with Crippen molar-refractivity contribution in [3.05, 3.63) is 28.3 Å². The van der Waals surface area contributed by atoms with Gasteiger partial charge in [0.25, 0.3) is 5.69 Å². The van der Waals surface area contributed by atoms with Crippen LogP contribution in [0.25, 0.3) is 0 Å². The van der Waals surface area contributed by atoms with Crippen LogP contribution in [0.1, 0.15) is 19.8 Å². The molecule has 21 heavy (non-hydrogen) atoms. The molecule has 0 radical (unpaired) electrons. The van der Waals surface area contributed by atoms with Gasteiger partial charge in [-0.25, -0.2) is 0 Å². The molecule has 0 aliphatic carbocycles. The Balaban J connectivity index is 1.89. The third kappa shape index (κ3) is 4.32. The second-order valence-electron chi connectivity index (χ2n) is 5.59. The number of nitrogens with zero attached hydrogens (tertiary/aromatic N) is 2. The molecule has 0 unspecified atom stereocenters. The van der Waals surface area contributed by atoms with Gasteiger partial charge < -0.3 is 15.0 Å². The van der Waals surface area contributed by atoms with Gasteiger partial charge in [0.15, 0.2) is 0 Å². The van der Waals surface area contributed by atoms with Crippen molar-refractivity contribution in [3.8, 4) is 5.75 Å². The molecule has 1 fully saturated rings. The van der Waals surface area contributed by atoms with E-state index >= 15 is 0 Å². The van der Waals surface area contributed by atoms with Crippen LogP contribution in [0.3, 0.4) is 0 Å². The monoisotopic (exact) mass is 293 g/mol. The molecule has 1 saturated heterocycles. The number of nitrogens with one attached hydrogen (secondary N) is 1. The maximum absolute atomic E-state index is 11.1. The van der Waals surface area contributed by atoms with Gasteiger partial charge in [0, 0.05) is 13.1 Å². The lowest BCUT2D eigenvalue weighted by molar-refractivity contribution is -0.384. The molecule has 1 heterocycles. The number of ether oxygens (including phenoxy) is 1. The zero-order chi connectivity index (χ0) is 15.2. The van der Waals surface area contributed by atoms with Gasteiger partial charge in [0.1, 0.15) is 11.4 Å². The van der Waals surface area contributed by atoms with Crippen molar-refractivity contribution in [2.75, 3.05) is 38.6 Å². The summed E-state index contributed by atoms with van der Waals surface area (Å²) in [5.41, 5.74) is 0.604. The van der Waals surface area contributed by atoms with Crippen LogP contribution in [-0.2, 0) is 0 Å². The topological polar surface area (TPSA) is 67.6 Å². The summed E-state index contributed by atoms with van der Waals surface area (Å²) in [6, 6.07) is 4.89. The van der Waals surface area contributed by atoms with Crippen LogP contribution < -0.4 is 10.1 Å². The molecule has 2 rings (SSSR count). The number of nitro benzene ring substituents is 1. The van der Waals surface area contributed by atoms with E-state index in [0.717, 1.165) is 25.6 Å². The Morgan fingerprint density at radius 3 is 2.76 bits per heavy atom. The van der Waals surface area contributed by atoms with E-state index < -0.39 is 0 Å². The summed E-state index contributed by atoms with van der Waals surface area (Å²) in [5.74, 6) is 1.31. The molecular weight excluding hydrogens is 270 g/mol. The van der Waals surface area contributed by atoms with Crippen molar-refractivity contribution >= 4 is 11.4 Å². The molecule has 0 amide bonds. The van der Waals surface area contributed by atoms with Crippen molar-refractivity contribution in [1.82, 2.24) is 4.90 Å². The highest BCUT2D eigenvalue weighted by molar-refractivity contribution is 5.63. The largest absolute Gasteiger partial charge is 0.496 e. The van der Waals surface area contributed by atoms with Crippen molar-refractivity contribution in [3.63, 3.8) is 0 Å². The van der Waals surface area contributed by atoms with Gasteiger partial charge in [-0.05, 0) is 44.0 Å². The van der Waals surface area contributed by atoms with E-state index in [1.54, 1.807) is 12.1 Å². The molecule has 0 bridgehead atoms. The van der Waals surface area contributed by atoms with Gasteiger partial charge in [-0.15, -0.1) is 0 Å². The lowest BCUT2D eigenvalue weighted by Gasteiger charge is -2.30. The minimum absolute atomic E-state index is 0.0571. The number of likely N-dealkylation sites (tertiary alicyclic amines) is 1. The van der Waals surface area contributed by atoms with E-state index in [2.05, 4.69) is 17.1 Å². The summed E-state index contributed by atoms with van der Waals surface area (Å²) in [4.78, 5) is 13.1. The van der Waals surface area contributed by atoms with Crippen LogP contribution in [0.2, 0.25) is 0 Å². The Labute approximate surface area is 125 Å². The maximum Gasteiger partial charge on any atom is 0.296 e. The van der Waals surface area contributed by atoms with Gasteiger partial charge in [-0.2, -0.15) is 0 Å². The fraction of sp³-hybridized carbons (Fsp3) is 0.600. The quantitative estimate of drug-likeness (QED) is 0.645. The van der Waals surface area contributed by atoms with Gasteiger partial charge >= 0.3 is 0 Å². The highest BCUT2D eigenvalue weighted by atomic mass is 16.6. The zero-order valence-electron chi connectivity index (χ0n) is 12.7. The zero-order valence-corrected chi connectivity index (χ0v) is 12.7. The van der Waals surface area contributed by atoms with Crippen LogP contribution in [0.4, 0.5) is 11.4 Å². The van der Waals surface area contributed by atoms with Gasteiger partial charge in [-0.3, -0.25) is 10.1 Å². The molecule has 0 atom stereocenters. The molecule has 6 heteroatoms. The lowest BCUT2D eigenvalue weighted by atomic mass is 9.99. The third-order valence-corrected chi connectivity index (χ3v) is 4.02. The lowest BCUT2D eigenvalue weighted by Crippen LogP contribution is -2.36. The Morgan fingerprint density at radius 1 is 1.43 bits per heavy atom. The summed E-state index contributed by atoms with van der Waals surface area (Å²) in [6.07, 6.45) is 2.48. The Kier molecular flexibility index (Phi) is 5.38. The molecular formula is C15H23N3O3. The first-order valence-corrected chi connectivity index (χ1v) is 7.39. The van der Waals surface area contributed by atoms with Crippen LogP contribution in [0, 0.1) is 16.0 Å². The van der Waals surface area contributed by atoms with E-state index in [0.29, 0.717) is 18.0 Å². The van der Waals surface area contributed by atoms with Crippen LogP contribution in [-0.4, -0.2) is 43.1 Å². The van der Waals surface area contributed by atoms with E-state index in [9.17, 15) is 10.1 Å². The van der Waals surface area contributed by atoms with E-state index in [-0.39, 0.29) is 10.6 Å². The molecule has 0 aromatic heterocycles. The van der Waals surface area contributed by atoms with E-state index in [1.807, 2.05) is 0 Å². The first-order valence-electron chi connectivity index (χ1n) is 7.39. The van der Waals surface area contributed by atoms with Gasteiger partial charge in [0.05, 0.1) is 18.1 Å². The van der Waals surface area contributed by atoms with E-state index in [1.165, 1.54) is 26.0 Å². The normalized spacial score (nSPS) is 16.7. The fourth-order valence-corrected chi connectivity index (χ4v) is 2.57. The summed E-state index contributed by atoms with van der Waals surface area (Å²) < 4.78 is 5.03. The molecule has 6 nitrogen and oxygen atoms in total. The summed E-state index contributed by atoms with van der Waals surface area (Å²) in [7, 11) is 1.50. The molecule has 0 spiro atoms. The smallest absolute Gasteiger partial charge is 0.296 e. The number of piperidine rings is 1.